The summed E-state index contributed by atoms with van der Waals surface area (Å²) < 4.78 is 0. The molecule has 1 heterocycles. The monoisotopic (exact) mass is 249 g/mol. The number of hydrogen-bond acceptors (Lipinski definition) is 3. The molecule has 0 atom stereocenters. The third-order valence-electron chi connectivity index (χ3n) is 3.25. The van der Waals surface area contributed by atoms with E-state index in [4.69, 9.17) is 5.73 Å². The highest BCUT2D eigenvalue weighted by Crippen LogP contribution is 2.31. The average molecular weight is 249 g/mol. The number of nitrogens with zero attached hydrogens (tertiary/aromatic N) is 1. The van der Waals surface area contributed by atoms with Crippen LogP contribution in [0.1, 0.15) is 0 Å². The Morgan fingerprint density at radius 3 is 2.53 bits per heavy atom. The molecule has 0 spiro atoms. The van der Waals surface area contributed by atoms with Crippen molar-refractivity contribution >= 4 is 22.3 Å². The quantitative estimate of drug-likeness (QED) is 0.730. The summed E-state index contributed by atoms with van der Waals surface area (Å²) >= 11 is 0. The summed E-state index contributed by atoms with van der Waals surface area (Å²) in [6.45, 7) is 0. The minimum absolute atomic E-state index is 0.667. The van der Waals surface area contributed by atoms with Crippen LogP contribution in [0, 0.1) is 0 Å². The molecule has 0 bridgehead atoms. The van der Waals surface area contributed by atoms with Gasteiger partial charge in [-0.1, -0.05) is 36.4 Å². The highest BCUT2D eigenvalue weighted by molar-refractivity contribution is 5.99. The molecule has 0 amide bonds. The first-order valence-corrected chi connectivity index (χ1v) is 6.21. The van der Waals surface area contributed by atoms with E-state index in [1.165, 1.54) is 5.56 Å². The molecular weight excluding hydrogens is 234 g/mol. The van der Waals surface area contributed by atoms with E-state index in [-0.39, 0.29) is 0 Å². The number of nitrogens with two attached hydrogens (primary N) is 1. The van der Waals surface area contributed by atoms with Gasteiger partial charge in [0.15, 0.2) is 0 Å². The van der Waals surface area contributed by atoms with Crippen LogP contribution in [0.4, 0.5) is 11.4 Å². The molecular formula is C16H15N3. The van der Waals surface area contributed by atoms with Crippen molar-refractivity contribution in [3.63, 3.8) is 0 Å². The van der Waals surface area contributed by atoms with Crippen LogP contribution in [0.5, 0.6) is 0 Å². The maximum Gasteiger partial charge on any atom is 0.0742 e. The second kappa shape index (κ2) is 4.61. The van der Waals surface area contributed by atoms with E-state index >= 15 is 0 Å². The normalized spacial score (nSPS) is 10.6. The first-order valence-electron chi connectivity index (χ1n) is 6.21. The van der Waals surface area contributed by atoms with Gasteiger partial charge in [-0.2, -0.15) is 0 Å². The molecule has 0 aliphatic carbocycles. The number of anilines is 2. The molecule has 0 saturated carbocycles. The van der Waals surface area contributed by atoms with Crippen LogP contribution in [0.25, 0.3) is 22.0 Å². The van der Waals surface area contributed by atoms with Crippen LogP contribution in [0.3, 0.4) is 0 Å². The maximum atomic E-state index is 5.96. The molecule has 3 nitrogen and oxygen atoms in total. The molecule has 0 saturated heterocycles. The lowest BCUT2D eigenvalue weighted by atomic mass is 10.0. The number of nitrogens with one attached hydrogen (secondary N) is 1. The summed E-state index contributed by atoms with van der Waals surface area (Å²) in [5, 5.41) is 4.20. The number of hydrogen-bond donors (Lipinski definition) is 2. The molecule has 3 N–H and O–H groups in total. The van der Waals surface area contributed by atoms with Gasteiger partial charge in [0, 0.05) is 12.4 Å². The molecule has 0 unspecified atom stereocenters. The van der Waals surface area contributed by atoms with E-state index < -0.39 is 0 Å². The van der Waals surface area contributed by atoms with Crippen molar-refractivity contribution in [1.82, 2.24) is 4.98 Å². The standard InChI is InChI=1S/C16H15N3/c1-18-16-13-9-12(11-5-3-2-4-6-11)7-8-15(13)19-10-14(16)17/h2-10H,17H2,1H3,(H,18,19). The second-order valence-electron chi connectivity index (χ2n) is 4.44. The fourth-order valence-corrected chi connectivity index (χ4v) is 2.30. The van der Waals surface area contributed by atoms with Crippen molar-refractivity contribution in [3.05, 3.63) is 54.7 Å². The molecule has 0 aliphatic rings. The number of fused-ring (bicyclic) bond motifs is 1. The summed E-state index contributed by atoms with van der Waals surface area (Å²) in [6.07, 6.45) is 1.69. The molecule has 3 heteroatoms. The zero-order valence-corrected chi connectivity index (χ0v) is 10.7. The Hall–Kier alpha value is -2.55. The zero-order chi connectivity index (χ0) is 13.2. The zero-order valence-electron chi connectivity index (χ0n) is 10.7. The van der Waals surface area contributed by atoms with Gasteiger partial charge in [0.05, 0.1) is 23.1 Å². The molecule has 0 aliphatic heterocycles. The second-order valence-corrected chi connectivity index (χ2v) is 4.44. The lowest BCUT2D eigenvalue weighted by Gasteiger charge is -2.10. The molecule has 3 aromatic rings. The van der Waals surface area contributed by atoms with Gasteiger partial charge in [-0.25, -0.2) is 0 Å². The molecule has 3 rings (SSSR count). The summed E-state index contributed by atoms with van der Waals surface area (Å²) in [6, 6.07) is 16.5. The maximum absolute atomic E-state index is 5.96. The Morgan fingerprint density at radius 1 is 1.00 bits per heavy atom. The number of rotatable bonds is 2. The van der Waals surface area contributed by atoms with Crippen LogP contribution in [-0.4, -0.2) is 12.0 Å². The van der Waals surface area contributed by atoms with Gasteiger partial charge in [-0.3, -0.25) is 4.98 Å². The summed E-state index contributed by atoms with van der Waals surface area (Å²) in [5.41, 5.74) is 10.9. The van der Waals surface area contributed by atoms with Gasteiger partial charge >= 0.3 is 0 Å². The molecule has 94 valence electrons. The highest BCUT2D eigenvalue weighted by atomic mass is 14.9. The number of pyridine rings is 1. The minimum Gasteiger partial charge on any atom is -0.396 e. The largest absolute Gasteiger partial charge is 0.396 e. The summed E-state index contributed by atoms with van der Waals surface area (Å²) in [5.74, 6) is 0. The predicted octanol–water partition coefficient (Wildman–Crippen LogP) is 3.53. The van der Waals surface area contributed by atoms with E-state index in [0.29, 0.717) is 5.69 Å². The average Bonchev–Trinajstić information content (AvgIpc) is 2.47. The van der Waals surface area contributed by atoms with Gasteiger partial charge in [0.25, 0.3) is 0 Å². The number of benzene rings is 2. The molecule has 19 heavy (non-hydrogen) atoms. The van der Waals surface area contributed by atoms with Crippen LogP contribution in [0.2, 0.25) is 0 Å². The predicted molar refractivity (Wildman–Crippen MR) is 81.1 cm³/mol. The molecule has 0 radical (unpaired) electrons. The topological polar surface area (TPSA) is 50.9 Å². The molecule has 2 aromatic carbocycles. The number of nitrogen functional groups attached to an aromatic ring is 1. The van der Waals surface area contributed by atoms with E-state index in [1.54, 1.807) is 6.20 Å². The third-order valence-corrected chi connectivity index (χ3v) is 3.25. The Morgan fingerprint density at radius 2 is 1.79 bits per heavy atom. The van der Waals surface area contributed by atoms with E-state index in [0.717, 1.165) is 22.2 Å². The van der Waals surface area contributed by atoms with Gasteiger partial charge in [-0.15, -0.1) is 0 Å². The Kier molecular flexibility index (Phi) is 2.80. The van der Waals surface area contributed by atoms with Crippen LogP contribution >= 0.6 is 0 Å². The van der Waals surface area contributed by atoms with Crippen molar-refractivity contribution < 1.29 is 0 Å². The minimum atomic E-state index is 0.667. The van der Waals surface area contributed by atoms with E-state index in [1.807, 2.05) is 31.3 Å². The fraction of sp³-hybridized carbons (Fsp3) is 0.0625. The van der Waals surface area contributed by atoms with Gasteiger partial charge in [0.2, 0.25) is 0 Å². The van der Waals surface area contributed by atoms with Gasteiger partial charge in [-0.05, 0) is 23.3 Å². The smallest absolute Gasteiger partial charge is 0.0742 e. The lowest BCUT2D eigenvalue weighted by Crippen LogP contribution is -1.98. The summed E-state index contributed by atoms with van der Waals surface area (Å²) in [4.78, 5) is 4.36. The van der Waals surface area contributed by atoms with Crippen molar-refractivity contribution in [1.29, 1.82) is 0 Å². The van der Waals surface area contributed by atoms with E-state index in [2.05, 4.69) is 34.6 Å². The lowest BCUT2D eigenvalue weighted by molar-refractivity contribution is 1.40. The molecule has 1 aromatic heterocycles. The van der Waals surface area contributed by atoms with Crippen molar-refractivity contribution in [3.8, 4) is 11.1 Å². The van der Waals surface area contributed by atoms with Crippen molar-refractivity contribution in [2.75, 3.05) is 18.1 Å². The SMILES string of the molecule is CNc1c(N)cnc2ccc(-c3ccccc3)cc12. The van der Waals surface area contributed by atoms with Crippen LogP contribution in [-0.2, 0) is 0 Å². The van der Waals surface area contributed by atoms with Crippen molar-refractivity contribution in [2.45, 2.75) is 0 Å². The van der Waals surface area contributed by atoms with Crippen molar-refractivity contribution in [2.24, 2.45) is 0 Å². The summed E-state index contributed by atoms with van der Waals surface area (Å²) in [7, 11) is 1.88. The fourth-order valence-electron chi connectivity index (χ4n) is 2.30. The van der Waals surface area contributed by atoms with Gasteiger partial charge < -0.3 is 11.1 Å². The Bertz CT molecular complexity index is 721. The third kappa shape index (κ3) is 1.99. The van der Waals surface area contributed by atoms with Crippen LogP contribution in [0.15, 0.2) is 54.7 Å². The van der Waals surface area contributed by atoms with E-state index in [9.17, 15) is 0 Å². The number of aromatic nitrogens is 1. The molecule has 0 fully saturated rings. The first kappa shape index (κ1) is 11.5. The Balaban J connectivity index is 2.25. The highest BCUT2D eigenvalue weighted by Gasteiger charge is 2.06. The van der Waals surface area contributed by atoms with Crippen LogP contribution < -0.4 is 11.1 Å². The first-order chi connectivity index (χ1) is 9.29. The Labute approximate surface area is 112 Å². The van der Waals surface area contributed by atoms with Gasteiger partial charge in [0.1, 0.15) is 0 Å².